The standard InChI is InChI=1S/C14H17N5O4S/c1-9(2)18-8-15-17-14(18)24-7-13(20)16-11-5-4-10(19(21)22)6-12(11)23-3/h4-6,8-9H,7H2,1-3H3,(H,16,20). The first-order valence-electron chi connectivity index (χ1n) is 7.07. The second-order valence-electron chi connectivity index (χ2n) is 5.09. The Bertz CT molecular complexity index is 747. The van der Waals surface area contributed by atoms with E-state index in [1.807, 2.05) is 18.4 Å². The Morgan fingerprint density at radius 2 is 2.25 bits per heavy atom. The van der Waals surface area contributed by atoms with E-state index in [9.17, 15) is 14.9 Å². The van der Waals surface area contributed by atoms with Crippen molar-refractivity contribution in [3.63, 3.8) is 0 Å². The van der Waals surface area contributed by atoms with Gasteiger partial charge < -0.3 is 14.6 Å². The van der Waals surface area contributed by atoms with Gasteiger partial charge in [0.2, 0.25) is 5.91 Å². The smallest absolute Gasteiger partial charge is 0.273 e. The minimum absolute atomic E-state index is 0.107. The quantitative estimate of drug-likeness (QED) is 0.463. The van der Waals surface area contributed by atoms with Crippen LogP contribution in [0.25, 0.3) is 0 Å². The number of hydrogen-bond acceptors (Lipinski definition) is 7. The van der Waals surface area contributed by atoms with Crippen LogP contribution in [0.2, 0.25) is 0 Å². The van der Waals surface area contributed by atoms with E-state index in [0.717, 1.165) is 0 Å². The van der Waals surface area contributed by atoms with Crippen LogP contribution in [-0.2, 0) is 4.79 Å². The molecule has 10 heteroatoms. The number of nitro groups is 1. The lowest BCUT2D eigenvalue weighted by atomic mass is 10.2. The molecule has 1 heterocycles. The zero-order valence-corrected chi connectivity index (χ0v) is 14.2. The molecule has 0 aliphatic carbocycles. The Hall–Kier alpha value is -2.62. The fraction of sp³-hybridized carbons (Fsp3) is 0.357. The van der Waals surface area contributed by atoms with Crippen LogP contribution in [0.1, 0.15) is 19.9 Å². The Labute approximate surface area is 142 Å². The molecule has 0 atom stereocenters. The number of amides is 1. The molecule has 1 aromatic heterocycles. The Kier molecular flexibility index (Phi) is 5.74. The minimum Gasteiger partial charge on any atom is -0.494 e. The number of rotatable bonds is 7. The fourth-order valence-corrected chi connectivity index (χ4v) is 2.75. The molecule has 0 saturated carbocycles. The number of benzene rings is 1. The summed E-state index contributed by atoms with van der Waals surface area (Å²) in [6.45, 7) is 3.99. The number of methoxy groups -OCH3 is 1. The number of carbonyl (C=O) groups excluding carboxylic acids is 1. The first-order valence-corrected chi connectivity index (χ1v) is 8.05. The molecular formula is C14H17N5O4S. The van der Waals surface area contributed by atoms with Gasteiger partial charge in [-0.1, -0.05) is 11.8 Å². The number of carbonyl (C=O) groups is 1. The van der Waals surface area contributed by atoms with Crippen LogP contribution < -0.4 is 10.1 Å². The molecule has 1 amide bonds. The summed E-state index contributed by atoms with van der Waals surface area (Å²) in [5, 5.41) is 21.9. The number of anilines is 1. The normalized spacial score (nSPS) is 10.7. The number of hydrogen-bond donors (Lipinski definition) is 1. The van der Waals surface area contributed by atoms with Gasteiger partial charge in [0.25, 0.3) is 5.69 Å². The summed E-state index contributed by atoms with van der Waals surface area (Å²) >= 11 is 1.26. The molecule has 24 heavy (non-hydrogen) atoms. The predicted octanol–water partition coefficient (Wildman–Crippen LogP) is 2.51. The highest BCUT2D eigenvalue weighted by atomic mass is 32.2. The Morgan fingerprint density at radius 3 is 2.88 bits per heavy atom. The van der Waals surface area contributed by atoms with E-state index in [1.54, 1.807) is 6.33 Å². The monoisotopic (exact) mass is 351 g/mol. The average Bonchev–Trinajstić information content (AvgIpc) is 3.02. The number of aromatic nitrogens is 3. The molecule has 0 radical (unpaired) electrons. The van der Waals surface area contributed by atoms with Crippen LogP contribution >= 0.6 is 11.8 Å². The van der Waals surface area contributed by atoms with Crippen molar-refractivity contribution < 1.29 is 14.5 Å². The van der Waals surface area contributed by atoms with E-state index in [2.05, 4.69) is 15.5 Å². The third-order valence-electron chi connectivity index (χ3n) is 3.10. The van der Waals surface area contributed by atoms with Crippen molar-refractivity contribution in [2.24, 2.45) is 0 Å². The number of nitrogens with zero attached hydrogens (tertiary/aromatic N) is 4. The molecule has 0 saturated heterocycles. The van der Waals surface area contributed by atoms with Gasteiger partial charge in [-0.25, -0.2) is 0 Å². The molecule has 2 aromatic rings. The third-order valence-corrected chi connectivity index (χ3v) is 4.06. The molecule has 0 unspecified atom stereocenters. The molecule has 1 aromatic carbocycles. The fourth-order valence-electron chi connectivity index (χ4n) is 1.90. The largest absolute Gasteiger partial charge is 0.494 e. The lowest BCUT2D eigenvalue weighted by molar-refractivity contribution is -0.384. The van der Waals surface area contributed by atoms with Crippen LogP contribution in [0.3, 0.4) is 0 Å². The van der Waals surface area contributed by atoms with Crippen molar-refractivity contribution >= 4 is 29.0 Å². The van der Waals surface area contributed by atoms with Crippen LogP contribution in [0.5, 0.6) is 5.75 Å². The summed E-state index contributed by atoms with van der Waals surface area (Å²) in [4.78, 5) is 22.3. The molecule has 9 nitrogen and oxygen atoms in total. The van der Waals surface area contributed by atoms with Gasteiger partial charge in [0.1, 0.15) is 12.1 Å². The van der Waals surface area contributed by atoms with E-state index >= 15 is 0 Å². The third kappa shape index (κ3) is 4.22. The Morgan fingerprint density at radius 1 is 1.50 bits per heavy atom. The summed E-state index contributed by atoms with van der Waals surface area (Å²) in [6, 6.07) is 4.20. The van der Waals surface area contributed by atoms with Crippen LogP contribution in [0, 0.1) is 10.1 Å². The summed E-state index contributed by atoms with van der Waals surface area (Å²) < 4.78 is 6.95. The highest BCUT2D eigenvalue weighted by Crippen LogP contribution is 2.29. The summed E-state index contributed by atoms with van der Waals surface area (Å²) in [6.07, 6.45) is 1.62. The number of nitrogens with one attached hydrogen (secondary N) is 1. The molecule has 128 valence electrons. The molecule has 1 N–H and O–H groups in total. The molecule has 2 rings (SSSR count). The molecule has 0 fully saturated rings. The number of non-ortho nitro benzene ring substituents is 1. The predicted molar refractivity (Wildman–Crippen MR) is 89.4 cm³/mol. The van der Waals surface area contributed by atoms with Gasteiger partial charge in [0, 0.05) is 12.1 Å². The van der Waals surface area contributed by atoms with Crippen molar-refractivity contribution in [1.82, 2.24) is 14.8 Å². The first kappa shape index (κ1) is 17.7. The van der Waals surface area contributed by atoms with Crippen LogP contribution in [0.15, 0.2) is 29.7 Å². The van der Waals surface area contributed by atoms with Gasteiger partial charge >= 0.3 is 0 Å². The Balaban J connectivity index is 2.02. The highest BCUT2D eigenvalue weighted by molar-refractivity contribution is 7.99. The minimum atomic E-state index is -0.525. The average molecular weight is 351 g/mol. The SMILES string of the molecule is COc1cc([N+](=O)[O-])ccc1NC(=O)CSc1nncn1C(C)C. The zero-order chi connectivity index (χ0) is 17.7. The van der Waals surface area contributed by atoms with Gasteiger partial charge in [-0.2, -0.15) is 0 Å². The van der Waals surface area contributed by atoms with E-state index in [4.69, 9.17) is 4.74 Å². The topological polar surface area (TPSA) is 112 Å². The van der Waals surface area contributed by atoms with Crippen LogP contribution in [0.4, 0.5) is 11.4 Å². The highest BCUT2D eigenvalue weighted by Gasteiger charge is 2.15. The second kappa shape index (κ2) is 7.77. The van der Waals surface area contributed by atoms with Gasteiger partial charge in [-0.3, -0.25) is 14.9 Å². The zero-order valence-electron chi connectivity index (χ0n) is 13.4. The number of ether oxygens (including phenoxy) is 1. The lowest BCUT2D eigenvalue weighted by Gasteiger charge is -2.11. The van der Waals surface area contributed by atoms with Crippen molar-refractivity contribution in [2.75, 3.05) is 18.2 Å². The number of thioether (sulfide) groups is 1. The maximum absolute atomic E-state index is 12.1. The molecule has 0 bridgehead atoms. The first-order chi connectivity index (χ1) is 11.4. The van der Waals surface area contributed by atoms with E-state index in [-0.39, 0.29) is 29.1 Å². The molecule has 0 aliphatic rings. The van der Waals surface area contributed by atoms with Gasteiger partial charge in [-0.15, -0.1) is 10.2 Å². The van der Waals surface area contributed by atoms with Crippen molar-refractivity contribution in [3.8, 4) is 5.75 Å². The van der Waals surface area contributed by atoms with Gasteiger partial charge in [0.05, 0.1) is 29.5 Å². The van der Waals surface area contributed by atoms with Crippen LogP contribution in [-0.4, -0.2) is 38.5 Å². The molecular weight excluding hydrogens is 334 g/mol. The van der Waals surface area contributed by atoms with E-state index in [0.29, 0.717) is 10.8 Å². The molecule has 0 spiro atoms. The summed E-state index contributed by atoms with van der Waals surface area (Å²) in [5.41, 5.74) is 0.267. The molecule has 0 aliphatic heterocycles. The number of nitro benzene ring substituents is 1. The maximum Gasteiger partial charge on any atom is 0.273 e. The van der Waals surface area contributed by atoms with E-state index in [1.165, 1.54) is 37.1 Å². The van der Waals surface area contributed by atoms with Crippen molar-refractivity contribution in [2.45, 2.75) is 25.0 Å². The summed E-state index contributed by atoms with van der Waals surface area (Å²) in [7, 11) is 1.38. The maximum atomic E-state index is 12.1. The lowest BCUT2D eigenvalue weighted by Crippen LogP contribution is -2.15. The van der Waals surface area contributed by atoms with Crippen molar-refractivity contribution in [3.05, 3.63) is 34.6 Å². The van der Waals surface area contributed by atoms with E-state index < -0.39 is 4.92 Å². The van der Waals surface area contributed by atoms with Gasteiger partial charge in [-0.05, 0) is 19.9 Å². The van der Waals surface area contributed by atoms with Gasteiger partial charge in [0.15, 0.2) is 5.16 Å². The summed E-state index contributed by atoms with van der Waals surface area (Å²) in [5.74, 6) is 0.0873. The van der Waals surface area contributed by atoms with Crippen molar-refractivity contribution in [1.29, 1.82) is 0 Å². The second-order valence-corrected chi connectivity index (χ2v) is 6.04.